The molecule has 0 aromatic heterocycles. The number of primary amides is 1. The van der Waals surface area contributed by atoms with Gasteiger partial charge in [-0.05, 0) is 41.9 Å². The third kappa shape index (κ3) is 12.7. The topological polar surface area (TPSA) is 151 Å². The number of amides is 5. The van der Waals surface area contributed by atoms with Crippen molar-refractivity contribution in [1.29, 1.82) is 0 Å². The Morgan fingerprint density at radius 2 is 1.15 bits per heavy atom. The molecule has 5 amide bonds. The minimum Gasteiger partial charge on any atom is -0.368 e. The number of carbonyl (C=O) groups excluding carboxylic acids is 4. The van der Waals surface area contributed by atoms with Crippen molar-refractivity contribution in [3.05, 3.63) is 108 Å². The summed E-state index contributed by atoms with van der Waals surface area (Å²) < 4.78 is 14.0. The maximum absolute atomic E-state index is 14.0. The molecule has 5 atom stereocenters. The number of rotatable bonds is 17. The van der Waals surface area contributed by atoms with E-state index in [4.69, 9.17) is 5.73 Å². The van der Waals surface area contributed by atoms with Crippen LogP contribution < -0.4 is 21.7 Å². The Morgan fingerprint density at radius 3 is 1.62 bits per heavy atom. The molecule has 11 heteroatoms. The molecule has 0 spiro atoms. The second-order valence-corrected chi connectivity index (χ2v) is 14.5. The van der Waals surface area contributed by atoms with Gasteiger partial charge in [0.1, 0.15) is 12.1 Å². The lowest BCUT2D eigenvalue weighted by Gasteiger charge is -2.27. The lowest BCUT2D eigenvalue weighted by atomic mass is 9.97. The second-order valence-electron chi connectivity index (χ2n) is 12.5. The molecule has 10 nitrogen and oxygen atoms in total. The zero-order valence-electron chi connectivity index (χ0n) is 27.6. The van der Waals surface area contributed by atoms with E-state index in [1.165, 1.54) is 4.90 Å². The van der Waals surface area contributed by atoms with Crippen LogP contribution in [0.5, 0.6) is 0 Å². The fourth-order valence-corrected chi connectivity index (χ4v) is 7.10. The third-order valence-corrected chi connectivity index (χ3v) is 9.82. The fraction of sp³-hybridized carbons (Fsp3) is 0.389. The summed E-state index contributed by atoms with van der Waals surface area (Å²) in [6.07, 6.45) is 1.18. The minimum atomic E-state index is -2.59. The predicted molar refractivity (Wildman–Crippen MR) is 186 cm³/mol. The van der Waals surface area contributed by atoms with Crippen LogP contribution in [-0.2, 0) is 38.2 Å². The van der Waals surface area contributed by atoms with Gasteiger partial charge in [0.2, 0.25) is 17.7 Å². The van der Waals surface area contributed by atoms with Crippen LogP contribution in [-0.4, -0.2) is 66.8 Å². The zero-order chi connectivity index (χ0) is 34.3. The second kappa shape index (κ2) is 18.6. The average molecular weight is 662 g/mol. The number of nitrogens with zero attached hydrogens (tertiary/aromatic N) is 1. The first-order chi connectivity index (χ1) is 22.4. The quantitative estimate of drug-likeness (QED) is 0.161. The maximum atomic E-state index is 14.0. The molecular weight excluding hydrogens is 613 g/mol. The van der Waals surface area contributed by atoms with Gasteiger partial charge in [0, 0.05) is 32.6 Å². The number of carbonyl (C=O) groups is 4. The lowest BCUT2D eigenvalue weighted by molar-refractivity contribution is -0.132. The van der Waals surface area contributed by atoms with Crippen LogP contribution in [0.3, 0.4) is 0 Å². The van der Waals surface area contributed by atoms with E-state index in [9.17, 15) is 23.7 Å². The molecule has 252 valence electrons. The molecule has 3 rings (SSSR count). The Morgan fingerprint density at radius 1 is 0.681 bits per heavy atom. The summed E-state index contributed by atoms with van der Waals surface area (Å²) in [6, 6.07) is 25.8. The zero-order valence-corrected chi connectivity index (χ0v) is 28.6. The number of nitrogens with two attached hydrogens (primary N) is 1. The highest BCUT2D eigenvalue weighted by Crippen LogP contribution is 2.33. The van der Waals surface area contributed by atoms with Crippen molar-refractivity contribution in [2.75, 3.05) is 20.3 Å². The van der Waals surface area contributed by atoms with Crippen LogP contribution in [0.15, 0.2) is 91.0 Å². The van der Waals surface area contributed by atoms with Crippen LogP contribution in [0.4, 0.5) is 4.79 Å². The fourth-order valence-electron chi connectivity index (χ4n) is 5.25. The largest absolute Gasteiger partial charge is 0.368 e. The van der Waals surface area contributed by atoms with Crippen LogP contribution in [0.2, 0.25) is 0 Å². The van der Waals surface area contributed by atoms with E-state index in [-0.39, 0.29) is 31.0 Å². The van der Waals surface area contributed by atoms with Crippen molar-refractivity contribution in [3.63, 3.8) is 0 Å². The van der Waals surface area contributed by atoms with E-state index >= 15 is 0 Å². The standard InChI is InChI=1S/C36H48N5O5P/c1-25(2)20-31(35(44)38-30(33(37)42)22-27-16-10-6-11-17-27)39-34(43)29(21-26-14-8-5-9-15-26)24-47(46)32(40-36(45)41(3)4)23-28-18-12-7-13-19-28/h5-19,25,29-32,47H,20-24H2,1-4H3,(H2,37,42)(H,38,44)(H,39,43)(H,40,45)/t29-,30-,31-,32+/m0/s1. The van der Waals surface area contributed by atoms with Gasteiger partial charge in [-0.15, -0.1) is 0 Å². The third-order valence-electron chi connectivity index (χ3n) is 7.80. The van der Waals surface area contributed by atoms with Crippen molar-refractivity contribution in [3.8, 4) is 0 Å². The summed E-state index contributed by atoms with van der Waals surface area (Å²) in [7, 11) is 0.634. The molecular formula is C36H48N5O5P. The molecule has 0 bridgehead atoms. The van der Waals surface area contributed by atoms with E-state index < -0.39 is 49.3 Å². The normalized spacial score (nSPS) is 14.2. The monoisotopic (exact) mass is 661 g/mol. The summed E-state index contributed by atoms with van der Waals surface area (Å²) in [5.41, 5.74) is 8.27. The van der Waals surface area contributed by atoms with Crippen LogP contribution in [0, 0.1) is 11.8 Å². The van der Waals surface area contributed by atoms with Gasteiger partial charge in [-0.3, -0.25) is 14.4 Å². The average Bonchev–Trinajstić information content (AvgIpc) is 3.04. The van der Waals surface area contributed by atoms with Gasteiger partial charge >= 0.3 is 6.03 Å². The van der Waals surface area contributed by atoms with Gasteiger partial charge in [0.15, 0.2) is 0 Å². The van der Waals surface area contributed by atoms with Crippen LogP contribution in [0.25, 0.3) is 0 Å². The van der Waals surface area contributed by atoms with Gasteiger partial charge in [-0.2, -0.15) is 0 Å². The SMILES string of the molecule is CC(C)C[C@H](NC(=O)[C@@H](Cc1ccccc1)C[PH](=O)[C@H](Cc1ccccc1)NC(=O)N(C)C)C(=O)N[C@@H](Cc1ccccc1)C(N)=O. The van der Waals surface area contributed by atoms with Gasteiger partial charge < -0.3 is 31.1 Å². The predicted octanol–water partition coefficient (Wildman–Crippen LogP) is 3.99. The molecule has 0 aliphatic carbocycles. The summed E-state index contributed by atoms with van der Waals surface area (Å²) in [5.74, 6) is -3.02. The first-order valence-electron chi connectivity index (χ1n) is 15.9. The molecule has 1 unspecified atom stereocenters. The molecule has 0 heterocycles. The highest BCUT2D eigenvalue weighted by atomic mass is 31.1. The van der Waals surface area contributed by atoms with E-state index in [1.807, 2.05) is 105 Å². The van der Waals surface area contributed by atoms with Gasteiger partial charge in [0.05, 0.1) is 13.6 Å². The van der Waals surface area contributed by atoms with E-state index in [0.29, 0.717) is 12.8 Å². The van der Waals surface area contributed by atoms with Crippen molar-refractivity contribution in [2.45, 2.75) is 57.4 Å². The maximum Gasteiger partial charge on any atom is 0.317 e. The van der Waals surface area contributed by atoms with Gasteiger partial charge in [0.25, 0.3) is 0 Å². The highest BCUT2D eigenvalue weighted by Gasteiger charge is 2.32. The molecule has 47 heavy (non-hydrogen) atoms. The van der Waals surface area contributed by atoms with E-state index in [2.05, 4.69) is 16.0 Å². The summed E-state index contributed by atoms with van der Waals surface area (Å²) in [5, 5.41) is 8.55. The molecule has 0 radical (unpaired) electrons. The number of nitrogens with one attached hydrogen (secondary N) is 3. The highest BCUT2D eigenvalue weighted by molar-refractivity contribution is 7.45. The number of urea groups is 1. The first kappa shape index (κ1) is 37.0. The molecule has 0 saturated carbocycles. The molecule has 3 aromatic rings. The van der Waals surface area contributed by atoms with Gasteiger partial charge in [-0.25, -0.2) is 4.79 Å². The molecule has 0 aliphatic heterocycles. The van der Waals surface area contributed by atoms with E-state index in [0.717, 1.165) is 16.7 Å². The Labute approximate surface area is 278 Å². The number of hydrogen-bond acceptors (Lipinski definition) is 5. The smallest absolute Gasteiger partial charge is 0.317 e. The Kier molecular flexibility index (Phi) is 14.7. The molecule has 0 fully saturated rings. The Hall–Kier alpha value is -4.43. The van der Waals surface area contributed by atoms with Crippen LogP contribution in [0.1, 0.15) is 37.0 Å². The van der Waals surface area contributed by atoms with Crippen molar-refractivity contribution in [2.24, 2.45) is 17.6 Å². The first-order valence-corrected chi connectivity index (χ1v) is 17.6. The lowest BCUT2D eigenvalue weighted by Crippen LogP contribution is -2.55. The number of benzene rings is 3. The minimum absolute atomic E-state index is 0.0184. The van der Waals surface area contributed by atoms with Crippen LogP contribution >= 0.6 is 7.80 Å². The number of hydrogen-bond donors (Lipinski definition) is 4. The van der Waals surface area contributed by atoms with Crippen molar-refractivity contribution < 1.29 is 23.7 Å². The summed E-state index contributed by atoms with van der Waals surface area (Å²) in [4.78, 5) is 53.9. The summed E-state index contributed by atoms with van der Waals surface area (Å²) in [6.45, 7) is 3.87. The summed E-state index contributed by atoms with van der Waals surface area (Å²) >= 11 is 0. The molecule has 0 saturated heterocycles. The van der Waals surface area contributed by atoms with E-state index in [1.54, 1.807) is 14.1 Å². The molecule has 0 aliphatic rings. The molecule has 3 aromatic carbocycles. The Bertz CT molecular complexity index is 1470. The molecule has 5 N–H and O–H groups in total. The Balaban J connectivity index is 1.84. The van der Waals surface area contributed by atoms with Crippen molar-refractivity contribution >= 4 is 31.6 Å². The van der Waals surface area contributed by atoms with Crippen molar-refractivity contribution in [1.82, 2.24) is 20.9 Å². The van der Waals surface area contributed by atoms with Gasteiger partial charge in [-0.1, -0.05) is 105 Å².